The zero-order chi connectivity index (χ0) is 5.82. The fourth-order valence-electron chi connectivity index (χ4n) is 0.811. The van der Waals surface area contributed by atoms with Gasteiger partial charge in [-0.05, 0) is 24.8 Å². The average molecular weight is 126 g/mol. The fourth-order valence-corrected chi connectivity index (χ4v) is 1.47. The molecule has 44 valence electrons. The van der Waals surface area contributed by atoms with Crippen LogP contribution in [0.2, 0.25) is 0 Å². The second-order valence-electron chi connectivity index (χ2n) is 1.91. The Hall–Kier alpha value is -0.0900. The molecule has 0 fully saturated rings. The van der Waals surface area contributed by atoms with Gasteiger partial charge in [-0.25, -0.2) is 0 Å². The van der Waals surface area contributed by atoms with Gasteiger partial charge in [0, 0.05) is 0 Å². The summed E-state index contributed by atoms with van der Waals surface area (Å²) in [6.45, 7) is 2.24. The number of hydrogen-bond acceptors (Lipinski definition) is 0. The summed E-state index contributed by atoms with van der Waals surface area (Å²) in [5.74, 6) is 0. The molecule has 1 unspecified atom stereocenters. The third-order valence-corrected chi connectivity index (χ3v) is 2.39. The predicted octanol–water partition coefficient (Wildman–Crippen LogP) is 2.53. The van der Waals surface area contributed by atoms with Crippen molar-refractivity contribution in [3.63, 3.8) is 0 Å². The number of hydrogen-bond donors (Lipinski definition) is 0. The van der Waals surface area contributed by atoms with Gasteiger partial charge in [-0.15, -0.1) is 0 Å². The van der Waals surface area contributed by atoms with Gasteiger partial charge in [0.2, 0.25) is 0 Å². The van der Waals surface area contributed by atoms with Crippen LogP contribution in [-0.4, -0.2) is 6.66 Å². The Bertz CT molecular complexity index is 122. The van der Waals surface area contributed by atoms with Crippen LogP contribution in [0.25, 0.3) is 0 Å². The lowest BCUT2D eigenvalue weighted by atomic mass is 10.2. The summed E-state index contributed by atoms with van der Waals surface area (Å²) in [7, 11) is 1.02. The first kappa shape index (κ1) is 6.04. The smallest absolute Gasteiger partial charge is 0.0242 e. The first-order valence-electron chi connectivity index (χ1n) is 2.97. The molecule has 0 amide bonds. The maximum Gasteiger partial charge on any atom is -0.0242 e. The second-order valence-corrected chi connectivity index (χ2v) is 3.05. The van der Waals surface area contributed by atoms with Crippen LogP contribution in [0.15, 0.2) is 23.5 Å². The van der Waals surface area contributed by atoms with Crippen molar-refractivity contribution in [3.05, 3.63) is 23.5 Å². The van der Waals surface area contributed by atoms with E-state index in [2.05, 4.69) is 24.9 Å². The SMILES string of the molecule is CPC1=CC=CCC1. The van der Waals surface area contributed by atoms with Crippen LogP contribution in [0.4, 0.5) is 0 Å². The summed E-state index contributed by atoms with van der Waals surface area (Å²) in [5, 5.41) is 1.62. The van der Waals surface area contributed by atoms with E-state index in [1.54, 1.807) is 5.31 Å². The van der Waals surface area contributed by atoms with Crippen molar-refractivity contribution < 1.29 is 0 Å². The first-order valence-corrected chi connectivity index (χ1v) is 4.47. The van der Waals surface area contributed by atoms with Gasteiger partial charge in [0.1, 0.15) is 0 Å². The highest BCUT2D eigenvalue weighted by molar-refractivity contribution is 7.42. The molecular formula is C7H11P. The van der Waals surface area contributed by atoms with E-state index in [1.807, 2.05) is 0 Å². The minimum absolute atomic E-state index is 1.02. The van der Waals surface area contributed by atoms with Crippen LogP contribution in [0.3, 0.4) is 0 Å². The minimum Gasteiger partial charge on any atom is -0.0980 e. The third-order valence-electron chi connectivity index (χ3n) is 1.33. The Morgan fingerprint density at radius 2 is 2.50 bits per heavy atom. The lowest BCUT2D eigenvalue weighted by Crippen LogP contribution is -1.77. The molecule has 1 heteroatoms. The maximum atomic E-state index is 2.24. The van der Waals surface area contributed by atoms with E-state index in [1.165, 1.54) is 12.8 Å². The second kappa shape index (κ2) is 3.04. The summed E-state index contributed by atoms with van der Waals surface area (Å²) in [6.07, 6.45) is 9.18. The van der Waals surface area contributed by atoms with Crippen molar-refractivity contribution in [2.45, 2.75) is 12.8 Å². The number of rotatable bonds is 1. The highest BCUT2D eigenvalue weighted by atomic mass is 31.1. The van der Waals surface area contributed by atoms with Gasteiger partial charge in [0.15, 0.2) is 0 Å². The van der Waals surface area contributed by atoms with Gasteiger partial charge < -0.3 is 0 Å². The first-order chi connectivity index (χ1) is 3.93. The molecule has 0 aromatic rings. The molecule has 1 atom stereocenters. The Morgan fingerprint density at radius 3 is 2.88 bits per heavy atom. The van der Waals surface area contributed by atoms with Crippen LogP contribution in [-0.2, 0) is 0 Å². The molecule has 0 N–H and O–H groups in total. The molecule has 0 aliphatic heterocycles. The van der Waals surface area contributed by atoms with Crippen LogP contribution < -0.4 is 0 Å². The molecule has 0 radical (unpaired) electrons. The van der Waals surface area contributed by atoms with E-state index in [0.717, 1.165) is 8.58 Å². The van der Waals surface area contributed by atoms with Gasteiger partial charge in [0.05, 0.1) is 0 Å². The topological polar surface area (TPSA) is 0 Å². The molecule has 0 spiro atoms. The molecule has 1 aliphatic rings. The summed E-state index contributed by atoms with van der Waals surface area (Å²) in [5.41, 5.74) is 0. The predicted molar refractivity (Wildman–Crippen MR) is 40.7 cm³/mol. The van der Waals surface area contributed by atoms with Crippen LogP contribution in [0.1, 0.15) is 12.8 Å². The molecule has 1 rings (SSSR count). The van der Waals surface area contributed by atoms with E-state index < -0.39 is 0 Å². The Balaban J connectivity index is 2.50. The van der Waals surface area contributed by atoms with Gasteiger partial charge in [-0.2, -0.15) is 0 Å². The van der Waals surface area contributed by atoms with E-state index >= 15 is 0 Å². The van der Waals surface area contributed by atoms with Crippen molar-refractivity contribution in [2.24, 2.45) is 0 Å². The summed E-state index contributed by atoms with van der Waals surface area (Å²) in [4.78, 5) is 0. The van der Waals surface area contributed by atoms with E-state index in [4.69, 9.17) is 0 Å². The zero-order valence-electron chi connectivity index (χ0n) is 5.15. The van der Waals surface area contributed by atoms with E-state index in [-0.39, 0.29) is 0 Å². The summed E-state index contributed by atoms with van der Waals surface area (Å²) in [6, 6.07) is 0. The van der Waals surface area contributed by atoms with Crippen molar-refractivity contribution in [1.82, 2.24) is 0 Å². The molecule has 0 heterocycles. The summed E-state index contributed by atoms with van der Waals surface area (Å²) < 4.78 is 0. The van der Waals surface area contributed by atoms with Crippen molar-refractivity contribution in [1.29, 1.82) is 0 Å². The maximum absolute atomic E-state index is 2.24. The Labute approximate surface area is 52.5 Å². The van der Waals surface area contributed by atoms with Gasteiger partial charge in [0.25, 0.3) is 0 Å². The van der Waals surface area contributed by atoms with Crippen molar-refractivity contribution in [3.8, 4) is 0 Å². The van der Waals surface area contributed by atoms with Gasteiger partial charge >= 0.3 is 0 Å². The zero-order valence-corrected chi connectivity index (χ0v) is 6.15. The van der Waals surface area contributed by atoms with Crippen molar-refractivity contribution >= 4 is 8.58 Å². The highest BCUT2D eigenvalue weighted by Gasteiger charge is 1.93. The fraction of sp³-hybridized carbons (Fsp3) is 0.429. The lowest BCUT2D eigenvalue weighted by Gasteiger charge is -2.03. The minimum atomic E-state index is 1.02. The molecule has 0 aromatic carbocycles. The normalized spacial score (nSPS) is 19.9. The van der Waals surface area contributed by atoms with Gasteiger partial charge in [-0.1, -0.05) is 26.8 Å². The molecule has 0 aromatic heterocycles. The Morgan fingerprint density at radius 1 is 1.62 bits per heavy atom. The summed E-state index contributed by atoms with van der Waals surface area (Å²) >= 11 is 0. The van der Waals surface area contributed by atoms with Crippen LogP contribution in [0.5, 0.6) is 0 Å². The molecular weight excluding hydrogens is 115 g/mol. The van der Waals surface area contributed by atoms with Crippen LogP contribution >= 0.6 is 8.58 Å². The molecule has 0 bridgehead atoms. The van der Waals surface area contributed by atoms with E-state index in [0.29, 0.717) is 0 Å². The lowest BCUT2D eigenvalue weighted by molar-refractivity contribution is 1.02. The number of allylic oxidation sites excluding steroid dienone is 4. The molecule has 0 saturated carbocycles. The highest BCUT2D eigenvalue weighted by Crippen LogP contribution is 2.26. The average Bonchev–Trinajstić information content (AvgIpc) is 1.90. The Kier molecular flexibility index (Phi) is 2.29. The third kappa shape index (κ3) is 1.45. The molecule has 8 heavy (non-hydrogen) atoms. The standard InChI is InChI=1S/C7H11P/c1-8-7-5-3-2-4-6-7/h2-3,5,8H,4,6H2,1H3. The monoisotopic (exact) mass is 126 g/mol. The largest absolute Gasteiger partial charge is 0.0980 e. The van der Waals surface area contributed by atoms with Crippen molar-refractivity contribution in [2.75, 3.05) is 6.66 Å². The van der Waals surface area contributed by atoms with Crippen LogP contribution in [0, 0.1) is 0 Å². The quantitative estimate of drug-likeness (QED) is 0.473. The molecule has 0 nitrogen and oxygen atoms in total. The molecule has 0 saturated heterocycles. The molecule has 1 aliphatic carbocycles. The van der Waals surface area contributed by atoms with Gasteiger partial charge in [-0.3, -0.25) is 0 Å². The van der Waals surface area contributed by atoms with E-state index in [9.17, 15) is 0 Å².